The minimum atomic E-state index is -0.156. The van der Waals surface area contributed by atoms with Gasteiger partial charge in [-0.05, 0) is 60.5 Å². The van der Waals surface area contributed by atoms with E-state index in [2.05, 4.69) is 18.0 Å². The summed E-state index contributed by atoms with van der Waals surface area (Å²) < 4.78 is 6.94. The van der Waals surface area contributed by atoms with Crippen molar-refractivity contribution < 1.29 is 9.53 Å². The quantitative estimate of drug-likeness (QED) is 0.299. The summed E-state index contributed by atoms with van der Waals surface area (Å²) in [5, 5.41) is 2.49. The van der Waals surface area contributed by atoms with Crippen LogP contribution in [0.5, 0.6) is 5.75 Å². The molecule has 0 radical (unpaired) electrons. The van der Waals surface area contributed by atoms with E-state index in [1.807, 2.05) is 73.7 Å². The molecule has 5 rings (SSSR count). The fourth-order valence-corrected chi connectivity index (χ4v) is 4.96. The SMILES string of the molecule is CCOc1ccc2ccccc2c1C(=O)N(Cc1ccccn1)c1nc2ccc(C)cc2s1. The number of thiazole rings is 1. The Hall–Kier alpha value is -3.77. The largest absolute Gasteiger partial charge is 0.493 e. The summed E-state index contributed by atoms with van der Waals surface area (Å²) in [6.45, 7) is 4.76. The lowest BCUT2D eigenvalue weighted by Gasteiger charge is -2.22. The number of hydrogen-bond donors (Lipinski definition) is 0. The Morgan fingerprint density at radius 1 is 1.03 bits per heavy atom. The third-order valence-electron chi connectivity index (χ3n) is 5.46. The van der Waals surface area contributed by atoms with Crippen LogP contribution in [0.25, 0.3) is 21.0 Å². The predicted octanol–water partition coefficient (Wildman–Crippen LogP) is 6.40. The highest BCUT2D eigenvalue weighted by Crippen LogP contribution is 2.35. The maximum atomic E-state index is 14.2. The number of amides is 1. The summed E-state index contributed by atoms with van der Waals surface area (Å²) in [4.78, 5) is 25.2. The highest BCUT2D eigenvalue weighted by molar-refractivity contribution is 7.22. The number of carbonyl (C=O) groups excluding carboxylic acids is 1. The predicted molar refractivity (Wildman–Crippen MR) is 134 cm³/mol. The van der Waals surface area contributed by atoms with Crippen LogP contribution in [0.15, 0.2) is 79.0 Å². The van der Waals surface area contributed by atoms with Gasteiger partial charge >= 0.3 is 0 Å². The molecule has 0 aliphatic rings. The number of rotatable bonds is 6. The van der Waals surface area contributed by atoms with Gasteiger partial charge in [0.05, 0.1) is 34.6 Å². The first-order chi connectivity index (χ1) is 16.1. The number of pyridine rings is 1. The standard InChI is InChI=1S/C27H23N3O2S/c1-3-32-23-14-12-19-8-4-5-10-21(19)25(23)26(31)30(17-20-9-6-7-15-28-20)27-29-22-13-11-18(2)16-24(22)33-27/h4-16H,3,17H2,1-2H3. The number of aryl methyl sites for hydroxylation is 1. The van der Waals surface area contributed by atoms with E-state index in [4.69, 9.17) is 9.72 Å². The van der Waals surface area contributed by atoms with Crippen LogP contribution in [0, 0.1) is 6.92 Å². The van der Waals surface area contributed by atoms with Crippen LogP contribution in [0.2, 0.25) is 0 Å². The lowest BCUT2D eigenvalue weighted by Crippen LogP contribution is -2.31. The van der Waals surface area contributed by atoms with E-state index in [9.17, 15) is 4.79 Å². The Kier molecular flexibility index (Phi) is 5.75. The molecule has 6 heteroatoms. The van der Waals surface area contributed by atoms with Crippen LogP contribution in [0.3, 0.4) is 0 Å². The first kappa shape index (κ1) is 21.1. The van der Waals surface area contributed by atoms with Crippen molar-refractivity contribution in [2.24, 2.45) is 0 Å². The summed E-state index contributed by atoms with van der Waals surface area (Å²) in [5.41, 5.74) is 3.37. The van der Waals surface area contributed by atoms with Crippen molar-refractivity contribution in [2.45, 2.75) is 20.4 Å². The average molecular weight is 454 g/mol. The monoisotopic (exact) mass is 453 g/mol. The molecule has 5 nitrogen and oxygen atoms in total. The molecular formula is C27H23N3O2S. The van der Waals surface area contributed by atoms with Crippen LogP contribution in [-0.4, -0.2) is 22.5 Å². The molecule has 33 heavy (non-hydrogen) atoms. The molecule has 0 bridgehead atoms. The van der Waals surface area contributed by atoms with Gasteiger partial charge in [0.1, 0.15) is 5.75 Å². The molecule has 2 aromatic heterocycles. The van der Waals surface area contributed by atoms with Crippen molar-refractivity contribution in [3.63, 3.8) is 0 Å². The number of anilines is 1. The van der Waals surface area contributed by atoms with E-state index < -0.39 is 0 Å². The summed E-state index contributed by atoms with van der Waals surface area (Å²) in [5.74, 6) is 0.417. The fraction of sp³-hybridized carbons (Fsp3) is 0.148. The molecule has 3 aromatic carbocycles. The lowest BCUT2D eigenvalue weighted by molar-refractivity contribution is 0.0983. The van der Waals surface area contributed by atoms with E-state index in [0.29, 0.717) is 29.6 Å². The van der Waals surface area contributed by atoms with E-state index in [1.54, 1.807) is 11.1 Å². The number of benzene rings is 3. The average Bonchev–Trinajstić information content (AvgIpc) is 3.25. The van der Waals surface area contributed by atoms with Gasteiger partial charge in [-0.15, -0.1) is 0 Å². The van der Waals surface area contributed by atoms with Crippen molar-refractivity contribution in [1.29, 1.82) is 0 Å². The Balaban J connectivity index is 1.68. The van der Waals surface area contributed by atoms with Crippen LogP contribution in [0.4, 0.5) is 5.13 Å². The van der Waals surface area contributed by atoms with Gasteiger partial charge in [0, 0.05) is 6.20 Å². The Morgan fingerprint density at radius 3 is 2.70 bits per heavy atom. The van der Waals surface area contributed by atoms with Gasteiger partial charge in [-0.3, -0.25) is 14.7 Å². The molecule has 0 saturated heterocycles. The van der Waals surface area contributed by atoms with Gasteiger partial charge in [0.25, 0.3) is 5.91 Å². The van der Waals surface area contributed by atoms with Crippen LogP contribution >= 0.6 is 11.3 Å². The molecule has 0 N–H and O–H groups in total. The van der Waals surface area contributed by atoms with Crippen LogP contribution < -0.4 is 9.64 Å². The van der Waals surface area contributed by atoms with Gasteiger partial charge < -0.3 is 4.74 Å². The van der Waals surface area contributed by atoms with E-state index in [1.165, 1.54) is 11.3 Å². The minimum absolute atomic E-state index is 0.156. The van der Waals surface area contributed by atoms with Crippen molar-refractivity contribution in [3.05, 3.63) is 95.8 Å². The Morgan fingerprint density at radius 2 is 1.88 bits per heavy atom. The highest BCUT2D eigenvalue weighted by Gasteiger charge is 2.26. The Labute approximate surface area is 196 Å². The molecule has 0 fully saturated rings. The number of ether oxygens (including phenoxy) is 1. The molecule has 2 heterocycles. The zero-order valence-electron chi connectivity index (χ0n) is 18.5. The number of aromatic nitrogens is 2. The second kappa shape index (κ2) is 9.00. The van der Waals surface area contributed by atoms with Crippen molar-refractivity contribution in [1.82, 2.24) is 9.97 Å². The van der Waals surface area contributed by atoms with Gasteiger partial charge in [-0.25, -0.2) is 4.98 Å². The van der Waals surface area contributed by atoms with Crippen molar-refractivity contribution in [2.75, 3.05) is 11.5 Å². The molecule has 0 aliphatic heterocycles. The maximum Gasteiger partial charge on any atom is 0.264 e. The fourth-order valence-electron chi connectivity index (χ4n) is 3.90. The zero-order chi connectivity index (χ0) is 22.8. The summed E-state index contributed by atoms with van der Waals surface area (Å²) >= 11 is 1.51. The molecule has 0 saturated carbocycles. The smallest absolute Gasteiger partial charge is 0.264 e. The number of hydrogen-bond acceptors (Lipinski definition) is 5. The third kappa shape index (κ3) is 4.17. The van der Waals surface area contributed by atoms with Gasteiger partial charge in [-0.1, -0.05) is 53.8 Å². The van der Waals surface area contributed by atoms with E-state index >= 15 is 0 Å². The zero-order valence-corrected chi connectivity index (χ0v) is 19.3. The van der Waals surface area contributed by atoms with E-state index in [-0.39, 0.29) is 5.91 Å². The number of carbonyl (C=O) groups is 1. The molecule has 0 atom stereocenters. The van der Waals surface area contributed by atoms with Crippen LogP contribution in [0.1, 0.15) is 28.5 Å². The summed E-state index contributed by atoms with van der Waals surface area (Å²) in [7, 11) is 0. The molecule has 0 unspecified atom stereocenters. The van der Waals surface area contributed by atoms with Gasteiger partial charge in [0.15, 0.2) is 5.13 Å². The normalized spacial score (nSPS) is 11.1. The van der Waals surface area contributed by atoms with E-state index in [0.717, 1.165) is 32.2 Å². The molecular weight excluding hydrogens is 430 g/mol. The Bertz CT molecular complexity index is 1450. The number of fused-ring (bicyclic) bond motifs is 2. The number of nitrogens with zero attached hydrogens (tertiary/aromatic N) is 3. The highest BCUT2D eigenvalue weighted by atomic mass is 32.1. The lowest BCUT2D eigenvalue weighted by atomic mass is 10.0. The second-order valence-electron chi connectivity index (χ2n) is 7.77. The third-order valence-corrected chi connectivity index (χ3v) is 6.50. The van der Waals surface area contributed by atoms with Gasteiger partial charge in [0.2, 0.25) is 0 Å². The molecule has 5 aromatic rings. The van der Waals surface area contributed by atoms with Crippen molar-refractivity contribution in [3.8, 4) is 5.75 Å². The topological polar surface area (TPSA) is 55.3 Å². The second-order valence-corrected chi connectivity index (χ2v) is 8.78. The minimum Gasteiger partial charge on any atom is -0.493 e. The van der Waals surface area contributed by atoms with Gasteiger partial charge in [-0.2, -0.15) is 0 Å². The first-order valence-corrected chi connectivity index (χ1v) is 11.7. The molecule has 1 amide bonds. The molecule has 164 valence electrons. The van der Waals surface area contributed by atoms with Crippen molar-refractivity contribution >= 4 is 43.4 Å². The summed E-state index contributed by atoms with van der Waals surface area (Å²) in [6, 6.07) is 23.6. The molecule has 0 spiro atoms. The molecule has 0 aliphatic carbocycles. The maximum absolute atomic E-state index is 14.2. The first-order valence-electron chi connectivity index (χ1n) is 10.9. The summed E-state index contributed by atoms with van der Waals surface area (Å²) in [6.07, 6.45) is 1.74. The van der Waals surface area contributed by atoms with Crippen LogP contribution in [-0.2, 0) is 6.54 Å².